The molecule has 5 nitrogen and oxygen atoms in total. The summed E-state index contributed by atoms with van der Waals surface area (Å²) in [4.78, 5) is 22.1. The zero-order valence-corrected chi connectivity index (χ0v) is 12.2. The van der Waals surface area contributed by atoms with Crippen molar-refractivity contribution in [2.45, 2.75) is 19.4 Å². The molecule has 0 aliphatic rings. The van der Waals surface area contributed by atoms with E-state index in [0.717, 1.165) is 5.56 Å². The number of hydrogen-bond donors (Lipinski definition) is 2. The largest absolute Gasteiger partial charge is 0.481 e. The normalized spacial score (nSPS) is 11.5. The Labute approximate surface area is 128 Å². The van der Waals surface area contributed by atoms with Crippen molar-refractivity contribution in [2.75, 3.05) is 0 Å². The summed E-state index contributed by atoms with van der Waals surface area (Å²) in [7, 11) is 0. The van der Waals surface area contributed by atoms with Crippen LogP contribution in [0.15, 0.2) is 54.6 Å². The number of carbonyl (C=O) groups excluding carboxylic acids is 1. The third-order valence-corrected chi connectivity index (χ3v) is 3.05. The number of benzene rings is 2. The summed E-state index contributed by atoms with van der Waals surface area (Å²) < 4.78 is 5.83. The van der Waals surface area contributed by atoms with E-state index < -0.39 is 18.3 Å². The standard InChI is InChI=1S/C17H17NO4/c1-12(18-16(19)11-17(20)21)14-9-5-6-10-15(14)22-13-7-3-2-4-8-13/h2-10,12H,11H2,1H3,(H,18,19)(H,20,21). The Hall–Kier alpha value is -2.82. The monoisotopic (exact) mass is 299 g/mol. The third kappa shape index (κ3) is 4.34. The van der Waals surface area contributed by atoms with Crippen molar-refractivity contribution < 1.29 is 19.4 Å². The highest BCUT2D eigenvalue weighted by atomic mass is 16.5. The van der Waals surface area contributed by atoms with E-state index in [1.54, 1.807) is 6.92 Å². The van der Waals surface area contributed by atoms with Crippen LogP contribution in [0.25, 0.3) is 0 Å². The summed E-state index contributed by atoms with van der Waals surface area (Å²) >= 11 is 0. The molecule has 0 bridgehead atoms. The van der Waals surface area contributed by atoms with Gasteiger partial charge in [0.05, 0.1) is 6.04 Å². The predicted molar refractivity (Wildman–Crippen MR) is 81.8 cm³/mol. The van der Waals surface area contributed by atoms with Gasteiger partial charge in [0.25, 0.3) is 0 Å². The summed E-state index contributed by atoms with van der Waals surface area (Å²) in [5.41, 5.74) is 0.782. The first-order chi connectivity index (χ1) is 10.6. The first-order valence-electron chi connectivity index (χ1n) is 6.89. The molecule has 22 heavy (non-hydrogen) atoms. The number of para-hydroxylation sites is 2. The number of amides is 1. The highest BCUT2D eigenvalue weighted by Crippen LogP contribution is 2.29. The van der Waals surface area contributed by atoms with E-state index in [1.807, 2.05) is 54.6 Å². The van der Waals surface area contributed by atoms with E-state index in [1.165, 1.54) is 0 Å². The Morgan fingerprint density at radius 3 is 2.41 bits per heavy atom. The van der Waals surface area contributed by atoms with Crippen molar-refractivity contribution in [1.29, 1.82) is 0 Å². The number of aliphatic carboxylic acids is 1. The average molecular weight is 299 g/mol. The van der Waals surface area contributed by atoms with Gasteiger partial charge in [0.1, 0.15) is 17.9 Å². The minimum atomic E-state index is -1.15. The average Bonchev–Trinajstić information content (AvgIpc) is 2.47. The third-order valence-electron chi connectivity index (χ3n) is 3.05. The molecular formula is C17H17NO4. The lowest BCUT2D eigenvalue weighted by Gasteiger charge is -2.18. The maximum Gasteiger partial charge on any atom is 0.312 e. The SMILES string of the molecule is CC(NC(=O)CC(=O)O)c1ccccc1Oc1ccccc1. The van der Waals surface area contributed by atoms with E-state index in [0.29, 0.717) is 11.5 Å². The van der Waals surface area contributed by atoms with E-state index in [-0.39, 0.29) is 6.04 Å². The molecule has 0 fully saturated rings. The van der Waals surface area contributed by atoms with E-state index in [2.05, 4.69) is 5.32 Å². The second kappa shape index (κ2) is 7.26. The molecule has 0 aromatic heterocycles. The van der Waals surface area contributed by atoms with Crippen LogP contribution >= 0.6 is 0 Å². The molecule has 2 aromatic carbocycles. The number of rotatable bonds is 6. The fraction of sp³-hybridized carbons (Fsp3) is 0.176. The van der Waals surface area contributed by atoms with E-state index in [9.17, 15) is 9.59 Å². The quantitative estimate of drug-likeness (QED) is 0.803. The molecule has 2 rings (SSSR count). The highest BCUT2D eigenvalue weighted by Gasteiger charge is 2.16. The number of nitrogens with one attached hydrogen (secondary N) is 1. The van der Waals surface area contributed by atoms with Gasteiger partial charge in [-0.15, -0.1) is 0 Å². The zero-order chi connectivity index (χ0) is 15.9. The Morgan fingerprint density at radius 1 is 1.09 bits per heavy atom. The molecule has 0 heterocycles. The summed E-state index contributed by atoms with van der Waals surface area (Å²) in [6.45, 7) is 1.78. The van der Waals surface area contributed by atoms with E-state index in [4.69, 9.17) is 9.84 Å². The number of hydrogen-bond acceptors (Lipinski definition) is 3. The van der Waals surface area contributed by atoms with Crippen LogP contribution in [-0.2, 0) is 9.59 Å². The highest BCUT2D eigenvalue weighted by molar-refractivity contribution is 5.93. The van der Waals surface area contributed by atoms with Crippen LogP contribution in [0, 0.1) is 0 Å². The van der Waals surface area contributed by atoms with Gasteiger partial charge in [-0.2, -0.15) is 0 Å². The molecule has 1 unspecified atom stereocenters. The first kappa shape index (κ1) is 15.6. The molecule has 0 aliphatic carbocycles. The number of carboxylic acids is 1. The van der Waals surface area contributed by atoms with Gasteiger partial charge in [0, 0.05) is 5.56 Å². The molecule has 5 heteroatoms. The van der Waals surface area contributed by atoms with Crippen molar-refractivity contribution in [2.24, 2.45) is 0 Å². The van der Waals surface area contributed by atoms with E-state index >= 15 is 0 Å². The fourth-order valence-electron chi connectivity index (χ4n) is 2.05. The van der Waals surface area contributed by atoms with Crippen molar-refractivity contribution in [3.63, 3.8) is 0 Å². The maximum absolute atomic E-state index is 11.6. The lowest BCUT2D eigenvalue weighted by atomic mass is 10.1. The van der Waals surface area contributed by atoms with Crippen LogP contribution < -0.4 is 10.1 Å². The second-order valence-electron chi connectivity index (χ2n) is 4.81. The molecule has 114 valence electrons. The number of carbonyl (C=O) groups is 2. The smallest absolute Gasteiger partial charge is 0.312 e. The van der Waals surface area contributed by atoms with Gasteiger partial charge in [-0.3, -0.25) is 9.59 Å². The Bertz CT molecular complexity index is 655. The molecular weight excluding hydrogens is 282 g/mol. The summed E-state index contributed by atoms with van der Waals surface area (Å²) in [5, 5.41) is 11.3. The Kier molecular flexibility index (Phi) is 5.14. The maximum atomic E-state index is 11.6. The van der Waals surface area contributed by atoms with Gasteiger partial charge in [0.2, 0.25) is 5.91 Å². The Morgan fingerprint density at radius 2 is 1.73 bits per heavy atom. The lowest BCUT2D eigenvalue weighted by Crippen LogP contribution is -2.28. The van der Waals surface area contributed by atoms with Crippen molar-refractivity contribution >= 4 is 11.9 Å². The molecule has 1 atom stereocenters. The second-order valence-corrected chi connectivity index (χ2v) is 4.81. The van der Waals surface area contributed by atoms with Crippen LogP contribution in [0.1, 0.15) is 24.9 Å². The van der Waals surface area contributed by atoms with Gasteiger partial charge in [-0.1, -0.05) is 36.4 Å². The molecule has 2 N–H and O–H groups in total. The van der Waals surface area contributed by atoms with Crippen LogP contribution in [0.4, 0.5) is 0 Å². The van der Waals surface area contributed by atoms with Crippen LogP contribution in [0.5, 0.6) is 11.5 Å². The molecule has 2 aromatic rings. The minimum Gasteiger partial charge on any atom is -0.481 e. The topological polar surface area (TPSA) is 75.6 Å². The number of carboxylic acid groups (broad SMARTS) is 1. The number of ether oxygens (including phenoxy) is 1. The minimum absolute atomic E-state index is 0.355. The summed E-state index contributed by atoms with van der Waals surface area (Å²) in [5.74, 6) is -0.371. The summed E-state index contributed by atoms with van der Waals surface area (Å²) in [6, 6.07) is 16.3. The van der Waals surface area contributed by atoms with Crippen molar-refractivity contribution in [3.8, 4) is 11.5 Å². The first-order valence-corrected chi connectivity index (χ1v) is 6.89. The molecule has 1 amide bonds. The zero-order valence-electron chi connectivity index (χ0n) is 12.2. The molecule has 0 aliphatic heterocycles. The van der Waals surface area contributed by atoms with Gasteiger partial charge in [0.15, 0.2) is 0 Å². The molecule has 0 saturated heterocycles. The van der Waals surface area contributed by atoms with Crippen molar-refractivity contribution in [3.05, 3.63) is 60.2 Å². The predicted octanol–water partition coefficient (Wildman–Crippen LogP) is 3.13. The molecule has 0 radical (unpaired) electrons. The van der Waals surface area contributed by atoms with Gasteiger partial charge in [-0.25, -0.2) is 0 Å². The van der Waals surface area contributed by atoms with Gasteiger partial charge >= 0.3 is 5.97 Å². The lowest BCUT2D eigenvalue weighted by molar-refractivity contribution is -0.140. The van der Waals surface area contributed by atoms with Gasteiger partial charge in [-0.05, 0) is 25.1 Å². The Balaban J connectivity index is 2.13. The fourth-order valence-corrected chi connectivity index (χ4v) is 2.05. The van der Waals surface area contributed by atoms with Crippen LogP contribution in [0.3, 0.4) is 0 Å². The summed E-state index contributed by atoms with van der Waals surface area (Å²) in [6.07, 6.45) is -0.550. The van der Waals surface area contributed by atoms with Gasteiger partial charge < -0.3 is 15.2 Å². The van der Waals surface area contributed by atoms with Crippen LogP contribution in [0.2, 0.25) is 0 Å². The molecule has 0 spiro atoms. The van der Waals surface area contributed by atoms with Crippen molar-refractivity contribution in [1.82, 2.24) is 5.32 Å². The molecule has 0 saturated carbocycles. The van der Waals surface area contributed by atoms with Crippen LogP contribution in [-0.4, -0.2) is 17.0 Å².